The molecule has 1 amide bonds. The van der Waals surface area contributed by atoms with Crippen LogP contribution in [-0.2, 0) is 11.3 Å². The minimum Gasteiger partial charge on any atom is -0.496 e. The van der Waals surface area contributed by atoms with Gasteiger partial charge in [0.15, 0.2) is 0 Å². The summed E-state index contributed by atoms with van der Waals surface area (Å²) in [5.74, 6) is 0.956. The number of benzene rings is 2. The maximum absolute atomic E-state index is 11.8. The number of carbonyl (C=O) groups excluding carboxylic acids is 1. The van der Waals surface area contributed by atoms with Crippen molar-refractivity contribution in [3.63, 3.8) is 0 Å². The van der Waals surface area contributed by atoms with Gasteiger partial charge in [0, 0.05) is 18.7 Å². The first-order valence-corrected chi connectivity index (χ1v) is 7.35. The van der Waals surface area contributed by atoms with Crippen LogP contribution >= 0.6 is 0 Å². The van der Waals surface area contributed by atoms with Crippen molar-refractivity contribution in [2.24, 2.45) is 0 Å². The Kier molecular flexibility index (Phi) is 4.06. The van der Waals surface area contributed by atoms with Crippen LogP contribution in [0.15, 0.2) is 36.4 Å². The molecule has 0 radical (unpaired) electrons. The summed E-state index contributed by atoms with van der Waals surface area (Å²) < 4.78 is 5.48. The molecule has 1 aliphatic heterocycles. The first kappa shape index (κ1) is 13.9. The lowest BCUT2D eigenvalue weighted by molar-refractivity contribution is -0.124. The van der Waals surface area contributed by atoms with Gasteiger partial charge in [0.05, 0.1) is 13.2 Å². The lowest BCUT2D eigenvalue weighted by Crippen LogP contribution is -2.47. The van der Waals surface area contributed by atoms with E-state index in [0.29, 0.717) is 6.54 Å². The zero-order chi connectivity index (χ0) is 14.7. The number of methoxy groups -OCH3 is 1. The van der Waals surface area contributed by atoms with Crippen molar-refractivity contribution in [2.75, 3.05) is 13.7 Å². The summed E-state index contributed by atoms with van der Waals surface area (Å²) in [6.07, 6.45) is 1.91. The Labute approximate surface area is 124 Å². The van der Waals surface area contributed by atoms with Crippen molar-refractivity contribution in [1.82, 2.24) is 10.6 Å². The second-order valence-electron chi connectivity index (χ2n) is 5.33. The van der Waals surface area contributed by atoms with Crippen molar-refractivity contribution in [1.29, 1.82) is 0 Å². The second kappa shape index (κ2) is 6.14. The SMILES string of the molecule is COc1ccc2ccccc2c1CNC1CCCNC1=O. The molecule has 1 fully saturated rings. The summed E-state index contributed by atoms with van der Waals surface area (Å²) in [5, 5.41) is 8.61. The van der Waals surface area contributed by atoms with Crippen LogP contribution in [0.1, 0.15) is 18.4 Å². The number of piperidine rings is 1. The number of carbonyl (C=O) groups is 1. The van der Waals surface area contributed by atoms with Crippen molar-refractivity contribution in [3.8, 4) is 5.75 Å². The number of nitrogens with one attached hydrogen (secondary N) is 2. The Morgan fingerprint density at radius 2 is 2.14 bits per heavy atom. The minimum atomic E-state index is -0.109. The third kappa shape index (κ3) is 2.85. The monoisotopic (exact) mass is 284 g/mol. The topological polar surface area (TPSA) is 50.4 Å². The van der Waals surface area contributed by atoms with Gasteiger partial charge in [-0.05, 0) is 29.7 Å². The lowest BCUT2D eigenvalue weighted by Gasteiger charge is -2.23. The molecule has 0 aromatic heterocycles. The lowest BCUT2D eigenvalue weighted by atomic mass is 10.0. The summed E-state index contributed by atoms with van der Waals surface area (Å²) >= 11 is 0. The van der Waals surface area contributed by atoms with Gasteiger partial charge in [-0.1, -0.05) is 30.3 Å². The summed E-state index contributed by atoms with van der Waals surface area (Å²) in [4.78, 5) is 11.8. The predicted molar refractivity (Wildman–Crippen MR) is 83.4 cm³/mol. The van der Waals surface area contributed by atoms with Crippen LogP contribution in [0.3, 0.4) is 0 Å². The van der Waals surface area contributed by atoms with Gasteiger partial charge in [-0.15, -0.1) is 0 Å². The van der Waals surface area contributed by atoms with Gasteiger partial charge in [-0.3, -0.25) is 4.79 Å². The van der Waals surface area contributed by atoms with Gasteiger partial charge in [-0.25, -0.2) is 0 Å². The molecule has 1 saturated heterocycles. The van der Waals surface area contributed by atoms with Crippen molar-refractivity contribution in [3.05, 3.63) is 42.0 Å². The zero-order valence-electron chi connectivity index (χ0n) is 12.2. The highest BCUT2D eigenvalue weighted by atomic mass is 16.5. The van der Waals surface area contributed by atoms with Crippen LogP contribution in [0.5, 0.6) is 5.75 Å². The van der Waals surface area contributed by atoms with E-state index < -0.39 is 0 Å². The van der Waals surface area contributed by atoms with Crippen LogP contribution in [0.25, 0.3) is 10.8 Å². The fourth-order valence-corrected chi connectivity index (χ4v) is 2.88. The van der Waals surface area contributed by atoms with E-state index in [2.05, 4.69) is 28.8 Å². The molecule has 1 aliphatic rings. The Bertz CT molecular complexity index is 654. The first-order chi connectivity index (χ1) is 10.3. The van der Waals surface area contributed by atoms with E-state index in [-0.39, 0.29) is 11.9 Å². The summed E-state index contributed by atoms with van der Waals surface area (Å²) in [6, 6.07) is 12.2. The van der Waals surface area contributed by atoms with E-state index in [1.54, 1.807) is 7.11 Å². The molecule has 3 rings (SSSR count). The molecule has 21 heavy (non-hydrogen) atoms. The molecule has 1 atom stereocenters. The molecule has 1 heterocycles. The number of hydrogen-bond donors (Lipinski definition) is 2. The van der Waals surface area contributed by atoms with E-state index in [0.717, 1.165) is 30.7 Å². The summed E-state index contributed by atoms with van der Waals surface area (Å²) in [7, 11) is 1.68. The van der Waals surface area contributed by atoms with Crippen LogP contribution in [0.2, 0.25) is 0 Å². The highest BCUT2D eigenvalue weighted by molar-refractivity contribution is 5.88. The van der Waals surface area contributed by atoms with Gasteiger partial charge in [0.1, 0.15) is 5.75 Å². The van der Waals surface area contributed by atoms with Gasteiger partial charge in [0.2, 0.25) is 5.91 Å². The van der Waals surface area contributed by atoms with E-state index in [1.165, 1.54) is 10.8 Å². The van der Waals surface area contributed by atoms with E-state index in [9.17, 15) is 4.79 Å². The molecule has 0 spiro atoms. The standard InChI is InChI=1S/C17H20N2O2/c1-21-16-9-8-12-5-2-3-6-13(12)14(16)11-19-15-7-4-10-18-17(15)20/h2-3,5-6,8-9,15,19H,4,7,10-11H2,1H3,(H,18,20). The number of rotatable bonds is 4. The normalized spacial score (nSPS) is 18.5. The molecular weight excluding hydrogens is 264 g/mol. The fourth-order valence-electron chi connectivity index (χ4n) is 2.88. The number of fused-ring (bicyclic) bond motifs is 1. The summed E-state index contributed by atoms with van der Waals surface area (Å²) in [5.41, 5.74) is 1.11. The molecule has 0 saturated carbocycles. The zero-order valence-corrected chi connectivity index (χ0v) is 12.2. The second-order valence-corrected chi connectivity index (χ2v) is 5.33. The Hall–Kier alpha value is -2.07. The van der Waals surface area contributed by atoms with Gasteiger partial charge < -0.3 is 15.4 Å². The van der Waals surface area contributed by atoms with Gasteiger partial charge in [-0.2, -0.15) is 0 Å². The molecule has 4 nitrogen and oxygen atoms in total. The van der Waals surface area contributed by atoms with Crippen LogP contribution in [0, 0.1) is 0 Å². The van der Waals surface area contributed by atoms with E-state index in [4.69, 9.17) is 4.74 Å². The molecule has 0 bridgehead atoms. The fraction of sp³-hybridized carbons (Fsp3) is 0.353. The molecule has 2 aromatic rings. The molecule has 2 aromatic carbocycles. The Morgan fingerprint density at radius 1 is 1.29 bits per heavy atom. The molecule has 0 aliphatic carbocycles. The maximum atomic E-state index is 11.8. The molecule has 1 unspecified atom stereocenters. The quantitative estimate of drug-likeness (QED) is 0.905. The van der Waals surface area contributed by atoms with Crippen LogP contribution in [-0.4, -0.2) is 25.6 Å². The maximum Gasteiger partial charge on any atom is 0.237 e. The Balaban J connectivity index is 1.86. The third-order valence-corrected chi connectivity index (χ3v) is 4.03. The Morgan fingerprint density at radius 3 is 2.95 bits per heavy atom. The minimum absolute atomic E-state index is 0.0976. The highest BCUT2D eigenvalue weighted by Gasteiger charge is 2.21. The number of hydrogen-bond acceptors (Lipinski definition) is 3. The van der Waals surface area contributed by atoms with Crippen molar-refractivity contribution in [2.45, 2.75) is 25.4 Å². The van der Waals surface area contributed by atoms with Gasteiger partial charge >= 0.3 is 0 Å². The summed E-state index contributed by atoms with van der Waals surface area (Å²) in [6.45, 7) is 1.41. The van der Waals surface area contributed by atoms with Crippen molar-refractivity contribution >= 4 is 16.7 Å². The van der Waals surface area contributed by atoms with E-state index in [1.807, 2.05) is 18.2 Å². The average molecular weight is 284 g/mol. The van der Waals surface area contributed by atoms with E-state index >= 15 is 0 Å². The molecular formula is C17H20N2O2. The largest absolute Gasteiger partial charge is 0.496 e. The van der Waals surface area contributed by atoms with Crippen LogP contribution in [0.4, 0.5) is 0 Å². The third-order valence-electron chi connectivity index (χ3n) is 4.03. The molecule has 110 valence electrons. The van der Waals surface area contributed by atoms with Crippen molar-refractivity contribution < 1.29 is 9.53 Å². The highest BCUT2D eigenvalue weighted by Crippen LogP contribution is 2.28. The van der Waals surface area contributed by atoms with Crippen LogP contribution < -0.4 is 15.4 Å². The number of ether oxygens (including phenoxy) is 1. The molecule has 2 N–H and O–H groups in total. The predicted octanol–water partition coefficient (Wildman–Crippen LogP) is 2.22. The number of amides is 1. The smallest absolute Gasteiger partial charge is 0.237 e. The first-order valence-electron chi connectivity index (χ1n) is 7.35. The van der Waals surface area contributed by atoms with Gasteiger partial charge in [0.25, 0.3) is 0 Å². The average Bonchev–Trinajstić information content (AvgIpc) is 2.53. The molecule has 4 heteroatoms.